The minimum absolute atomic E-state index is 0.0421. The molecule has 1 heterocycles. The molecule has 1 aliphatic rings. The van der Waals surface area contributed by atoms with Gasteiger partial charge in [0.05, 0.1) is 0 Å². The van der Waals surface area contributed by atoms with Crippen LogP contribution in [0.25, 0.3) is 0 Å². The van der Waals surface area contributed by atoms with Crippen molar-refractivity contribution in [3.05, 3.63) is 11.3 Å². The van der Waals surface area contributed by atoms with E-state index in [1.807, 2.05) is 0 Å². The Morgan fingerprint density at radius 3 is 2.39 bits per heavy atom. The molecule has 4 nitrogen and oxygen atoms in total. The molecule has 0 spiro atoms. The van der Waals surface area contributed by atoms with E-state index in [4.69, 9.17) is 0 Å². The molecule has 0 aromatic rings. The number of carbonyl (C=O) groups excluding carboxylic acids is 1. The molecule has 11 heteroatoms. The number of ether oxygens (including phenoxy) is 1. The van der Waals surface area contributed by atoms with Gasteiger partial charge in [-0.2, -0.15) is 22.0 Å². The minimum Gasteiger partial charge on any atom is -0.737 e. The van der Waals surface area contributed by atoms with E-state index in [0.29, 0.717) is 0 Å². The van der Waals surface area contributed by atoms with Crippen molar-refractivity contribution in [2.75, 3.05) is 6.67 Å². The maximum absolute atomic E-state index is 13.0. The first-order valence-electron chi connectivity index (χ1n) is 6.28. The molecule has 0 N–H and O–H groups in total. The van der Waals surface area contributed by atoms with Gasteiger partial charge in [0, 0.05) is 16.4 Å². The fourth-order valence-electron chi connectivity index (χ4n) is 1.93. The molecule has 1 rings (SSSR count). The van der Waals surface area contributed by atoms with Crippen LogP contribution in [0.5, 0.6) is 0 Å². The molecule has 0 unspecified atom stereocenters. The highest BCUT2D eigenvalue weighted by Gasteiger charge is 2.42. The Bertz CT molecular complexity index is 558. The number of carbonyl (C=O) groups is 1. The zero-order valence-corrected chi connectivity index (χ0v) is 13.6. The van der Waals surface area contributed by atoms with Crippen molar-refractivity contribution in [2.45, 2.75) is 33.1 Å². The number of thiocarbonyl (C=S) groups is 1. The van der Waals surface area contributed by atoms with E-state index in [1.165, 1.54) is 0 Å². The summed E-state index contributed by atoms with van der Waals surface area (Å²) in [5.74, 6) is -0.196. The molecule has 0 atom stereocenters. The summed E-state index contributed by atoms with van der Waals surface area (Å²) in [5.41, 5.74) is -2.50. The van der Waals surface area contributed by atoms with Crippen LogP contribution in [0.1, 0.15) is 20.3 Å². The van der Waals surface area contributed by atoms with Gasteiger partial charge in [-0.25, -0.2) is 0 Å². The lowest BCUT2D eigenvalue weighted by molar-refractivity contribution is -0.108. The number of allylic oxidation sites excluding steroid dienone is 1. The summed E-state index contributed by atoms with van der Waals surface area (Å²) in [6, 6.07) is 0. The van der Waals surface area contributed by atoms with E-state index in [1.54, 1.807) is 13.8 Å². The van der Waals surface area contributed by atoms with Crippen molar-refractivity contribution in [3.8, 4) is 0 Å². The first-order chi connectivity index (χ1) is 10.4. The van der Waals surface area contributed by atoms with Crippen LogP contribution in [-0.4, -0.2) is 40.4 Å². The number of hydrogen-bond donors (Lipinski definition) is 0. The Hall–Kier alpha value is -1.36. The highest BCUT2D eigenvalue weighted by Crippen LogP contribution is 2.32. The number of alkyl halides is 5. The molecule has 0 saturated heterocycles. The Labute approximate surface area is 139 Å². The molecular weight excluding hydrogens is 363 g/mol. The first kappa shape index (κ1) is 19.7. The molecule has 0 fully saturated rings. The normalized spacial score (nSPS) is 16.0. The average molecular weight is 375 g/mol. The van der Waals surface area contributed by atoms with Gasteiger partial charge in [0.15, 0.2) is 5.71 Å². The third-order valence-electron chi connectivity index (χ3n) is 2.71. The molecule has 0 aliphatic carbocycles. The summed E-state index contributed by atoms with van der Waals surface area (Å²) in [5, 5.41) is -2.06. The number of hydrogen-bond acceptors (Lipinski definition) is 5. The predicted octanol–water partition coefficient (Wildman–Crippen LogP) is 3.16. The molecule has 0 amide bonds. The van der Waals surface area contributed by atoms with E-state index >= 15 is 0 Å². The topological polar surface area (TPSA) is 41.9 Å². The highest BCUT2D eigenvalue weighted by atomic mass is 32.1. The van der Waals surface area contributed by atoms with Gasteiger partial charge in [0.1, 0.15) is 6.67 Å². The zero-order valence-electron chi connectivity index (χ0n) is 12.0. The zero-order chi connectivity index (χ0) is 17.9. The summed E-state index contributed by atoms with van der Waals surface area (Å²) >= 11 is 9.01. The molecule has 0 bridgehead atoms. The standard InChI is InChI=1S/C12H13F5N2O2S2/c1-5(2)3-6-7(9(20)22)8(12(15,16)17)18-4-19(6)11(23)21-10(13)14/h5,10H,3-4H2,1-2H3,(H,20,22)/p-1. The Kier molecular flexibility index (Phi) is 6.40. The Balaban J connectivity index is 3.40. The third kappa shape index (κ3) is 5.06. The fraction of sp³-hybridized carbons (Fsp3) is 0.583. The van der Waals surface area contributed by atoms with Crippen LogP contribution in [0.15, 0.2) is 16.3 Å². The van der Waals surface area contributed by atoms with Gasteiger partial charge in [-0.15, -0.1) is 0 Å². The predicted molar refractivity (Wildman–Crippen MR) is 78.7 cm³/mol. The van der Waals surface area contributed by atoms with Crippen molar-refractivity contribution in [3.63, 3.8) is 0 Å². The summed E-state index contributed by atoms with van der Waals surface area (Å²) in [6.07, 6.45) is -4.94. The van der Waals surface area contributed by atoms with E-state index in [0.717, 1.165) is 4.90 Å². The molecular formula is C12H12F5N2O2S2-. The second kappa shape index (κ2) is 7.47. The van der Waals surface area contributed by atoms with E-state index < -0.39 is 41.0 Å². The van der Waals surface area contributed by atoms with Crippen LogP contribution in [-0.2, 0) is 22.2 Å². The van der Waals surface area contributed by atoms with Crippen LogP contribution in [0.4, 0.5) is 22.0 Å². The smallest absolute Gasteiger partial charge is 0.433 e. The van der Waals surface area contributed by atoms with Gasteiger partial charge >= 0.3 is 12.8 Å². The lowest BCUT2D eigenvalue weighted by atomic mass is 9.99. The second-order valence-corrected chi connectivity index (χ2v) is 5.65. The molecule has 23 heavy (non-hydrogen) atoms. The van der Waals surface area contributed by atoms with Crippen molar-refractivity contribution >= 4 is 40.8 Å². The maximum atomic E-state index is 13.0. The van der Waals surface area contributed by atoms with Crippen molar-refractivity contribution < 1.29 is 31.5 Å². The monoisotopic (exact) mass is 375 g/mol. The van der Waals surface area contributed by atoms with Crippen molar-refractivity contribution in [1.29, 1.82) is 0 Å². The van der Waals surface area contributed by atoms with Crippen molar-refractivity contribution in [2.24, 2.45) is 10.9 Å². The Morgan fingerprint density at radius 2 is 2.00 bits per heavy atom. The third-order valence-corrected chi connectivity index (χ3v) is 3.23. The fourth-order valence-corrected chi connectivity index (χ4v) is 2.39. The minimum atomic E-state index is -4.90. The SMILES string of the molecule is CC(C)CC1=C(C(=O)[S-])C(C(F)(F)F)=NCN1C(=S)OC(F)F. The van der Waals surface area contributed by atoms with Crippen LogP contribution in [0.3, 0.4) is 0 Å². The number of rotatable bonds is 4. The molecule has 1 aliphatic heterocycles. The highest BCUT2D eigenvalue weighted by molar-refractivity contribution is 7.80. The average Bonchev–Trinajstić information content (AvgIpc) is 2.34. The van der Waals surface area contributed by atoms with Crippen molar-refractivity contribution in [1.82, 2.24) is 4.90 Å². The summed E-state index contributed by atoms with van der Waals surface area (Å²) in [4.78, 5) is 15.6. The molecule has 130 valence electrons. The summed E-state index contributed by atoms with van der Waals surface area (Å²) < 4.78 is 67.7. The van der Waals surface area contributed by atoms with Gasteiger partial charge in [0.25, 0.3) is 5.17 Å². The Morgan fingerprint density at radius 1 is 1.43 bits per heavy atom. The van der Waals surface area contributed by atoms with Gasteiger partial charge in [-0.1, -0.05) is 13.8 Å². The molecule has 0 saturated carbocycles. The number of halogens is 5. The van der Waals surface area contributed by atoms with Gasteiger partial charge in [0.2, 0.25) is 0 Å². The first-order valence-corrected chi connectivity index (χ1v) is 7.09. The van der Waals surface area contributed by atoms with Gasteiger partial charge < -0.3 is 22.2 Å². The molecule has 0 aromatic heterocycles. The number of aliphatic imine (C=N–C) groups is 1. The molecule has 0 aromatic carbocycles. The van der Waals surface area contributed by atoms with Gasteiger partial charge in [-0.3, -0.25) is 9.89 Å². The second-order valence-electron chi connectivity index (χ2n) is 4.93. The van der Waals surface area contributed by atoms with E-state index in [9.17, 15) is 26.7 Å². The lowest BCUT2D eigenvalue weighted by Crippen LogP contribution is -2.42. The molecule has 0 radical (unpaired) electrons. The largest absolute Gasteiger partial charge is 0.737 e. The maximum Gasteiger partial charge on any atom is 0.433 e. The van der Waals surface area contributed by atoms with Gasteiger partial charge in [-0.05, 0) is 24.6 Å². The van der Waals surface area contributed by atoms with Crippen LogP contribution in [0.2, 0.25) is 0 Å². The van der Waals surface area contributed by atoms with E-state index in [-0.39, 0.29) is 18.0 Å². The quantitative estimate of drug-likeness (QED) is 0.429. The van der Waals surface area contributed by atoms with Crippen LogP contribution in [0, 0.1) is 5.92 Å². The number of nitrogens with zero attached hydrogens (tertiary/aromatic N) is 2. The van der Waals surface area contributed by atoms with E-state index in [2.05, 4.69) is 34.6 Å². The lowest BCUT2D eigenvalue weighted by Gasteiger charge is -2.34. The van der Waals surface area contributed by atoms with Crippen LogP contribution < -0.4 is 0 Å². The van der Waals surface area contributed by atoms with Crippen LogP contribution >= 0.6 is 12.2 Å². The summed E-state index contributed by atoms with van der Waals surface area (Å²) in [6.45, 7) is -0.591. The summed E-state index contributed by atoms with van der Waals surface area (Å²) in [7, 11) is 0.